The van der Waals surface area contributed by atoms with Crippen molar-refractivity contribution in [3.63, 3.8) is 0 Å². The standard InChI is InChI=1S/C9H11N3/c1-2-4-9(5-3-1)11-12-7-6-10-8-12/h1-5,8,11H,6-7H2. The van der Waals surface area contributed by atoms with Crippen molar-refractivity contribution in [2.24, 2.45) is 4.99 Å². The van der Waals surface area contributed by atoms with Crippen LogP contribution in [0, 0.1) is 0 Å². The molecule has 0 unspecified atom stereocenters. The van der Waals surface area contributed by atoms with E-state index < -0.39 is 0 Å². The van der Waals surface area contributed by atoms with Gasteiger partial charge in [-0.05, 0) is 12.1 Å². The van der Waals surface area contributed by atoms with Crippen LogP contribution >= 0.6 is 0 Å². The second-order valence-corrected chi connectivity index (χ2v) is 2.69. The minimum Gasteiger partial charge on any atom is -0.298 e. The molecule has 2 rings (SSSR count). The Labute approximate surface area is 71.7 Å². The van der Waals surface area contributed by atoms with E-state index in [1.165, 1.54) is 0 Å². The first kappa shape index (κ1) is 7.16. The molecule has 1 aromatic rings. The van der Waals surface area contributed by atoms with E-state index in [2.05, 4.69) is 10.4 Å². The number of nitrogens with zero attached hydrogens (tertiary/aromatic N) is 2. The normalized spacial score (nSPS) is 15.2. The number of benzene rings is 1. The van der Waals surface area contributed by atoms with E-state index in [-0.39, 0.29) is 0 Å². The maximum atomic E-state index is 4.10. The summed E-state index contributed by atoms with van der Waals surface area (Å²) in [7, 11) is 0. The van der Waals surface area contributed by atoms with Gasteiger partial charge in [-0.3, -0.25) is 15.4 Å². The molecule has 0 aliphatic carbocycles. The molecule has 0 aromatic heterocycles. The number of rotatable bonds is 2. The molecule has 0 spiro atoms. The molecule has 0 radical (unpaired) electrons. The summed E-state index contributed by atoms with van der Waals surface area (Å²) >= 11 is 0. The van der Waals surface area contributed by atoms with Crippen LogP contribution < -0.4 is 5.43 Å². The summed E-state index contributed by atoms with van der Waals surface area (Å²) in [6, 6.07) is 10.1. The third kappa shape index (κ3) is 1.56. The molecule has 1 heterocycles. The van der Waals surface area contributed by atoms with Crippen LogP contribution in [0.3, 0.4) is 0 Å². The van der Waals surface area contributed by atoms with Crippen LogP contribution in [0.4, 0.5) is 5.69 Å². The molecule has 1 aliphatic rings. The van der Waals surface area contributed by atoms with Gasteiger partial charge in [-0.15, -0.1) is 0 Å². The molecule has 1 aromatic carbocycles. The lowest BCUT2D eigenvalue weighted by molar-refractivity contribution is 0.557. The Morgan fingerprint density at radius 1 is 1.25 bits per heavy atom. The van der Waals surface area contributed by atoms with E-state index in [0.717, 1.165) is 18.8 Å². The molecule has 1 aliphatic heterocycles. The van der Waals surface area contributed by atoms with Crippen molar-refractivity contribution < 1.29 is 0 Å². The van der Waals surface area contributed by atoms with Crippen LogP contribution in [0.15, 0.2) is 35.3 Å². The molecule has 0 bridgehead atoms. The highest BCUT2D eigenvalue weighted by atomic mass is 15.5. The van der Waals surface area contributed by atoms with Crippen LogP contribution in [-0.2, 0) is 0 Å². The smallest absolute Gasteiger partial charge is 0.104 e. The number of nitrogens with one attached hydrogen (secondary N) is 1. The van der Waals surface area contributed by atoms with Crippen LogP contribution in [0.1, 0.15) is 0 Å². The van der Waals surface area contributed by atoms with Crippen LogP contribution in [-0.4, -0.2) is 24.4 Å². The summed E-state index contributed by atoms with van der Waals surface area (Å²) in [5.74, 6) is 0. The average Bonchev–Trinajstić information content (AvgIpc) is 2.59. The van der Waals surface area contributed by atoms with Gasteiger partial charge in [0.15, 0.2) is 0 Å². The zero-order chi connectivity index (χ0) is 8.23. The largest absolute Gasteiger partial charge is 0.298 e. The third-order valence-corrected chi connectivity index (χ3v) is 1.74. The van der Waals surface area contributed by atoms with Gasteiger partial charge >= 0.3 is 0 Å². The van der Waals surface area contributed by atoms with Gasteiger partial charge < -0.3 is 0 Å². The predicted octanol–water partition coefficient (Wildman–Crippen LogP) is 1.36. The molecule has 3 heteroatoms. The Balaban J connectivity index is 1.99. The topological polar surface area (TPSA) is 27.6 Å². The van der Waals surface area contributed by atoms with Gasteiger partial charge in [-0.1, -0.05) is 18.2 Å². The van der Waals surface area contributed by atoms with E-state index in [1.807, 2.05) is 41.7 Å². The first-order valence-corrected chi connectivity index (χ1v) is 4.03. The minimum absolute atomic E-state index is 0.889. The van der Waals surface area contributed by atoms with Crippen LogP contribution in [0.25, 0.3) is 0 Å². The first-order valence-electron chi connectivity index (χ1n) is 4.03. The molecule has 0 saturated heterocycles. The van der Waals surface area contributed by atoms with Crippen molar-refractivity contribution in [2.45, 2.75) is 0 Å². The molecule has 1 N–H and O–H groups in total. The van der Waals surface area contributed by atoms with Crippen molar-refractivity contribution in [3.05, 3.63) is 30.3 Å². The van der Waals surface area contributed by atoms with E-state index in [0.29, 0.717) is 0 Å². The van der Waals surface area contributed by atoms with Crippen molar-refractivity contribution >= 4 is 12.0 Å². The van der Waals surface area contributed by atoms with Crippen LogP contribution in [0.2, 0.25) is 0 Å². The Morgan fingerprint density at radius 3 is 2.75 bits per heavy atom. The van der Waals surface area contributed by atoms with E-state index in [9.17, 15) is 0 Å². The van der Waals surface area contributed by atoms with Crippen molar-refractivity contribution in [1.29, 1.82) is 0 Å². The lowest BCUT2D eigenvalue weighted by Gasteiger charge is -2.16. The fourth-order valence-corrected chi connectivity index (χ4v) is 1.14. The summed E-state index contributed by atoms with van der Waals surface area (Å²) < 4.78 is 0. The highest BCUT2D eigenvalue weighted by molar-refractivity contribution is 5.60. The summed E-state index contributed by atoms with van der Waals surface area (Å²) in [5, 5.41) is 1.98. The molecule has 0 saturated carbocycles. The summed E-state index contributed by atoms with van der Waals surface area (Å²) in [6.45, 7) is 1.84. The maximum Gasteiger partial charge on any atom is 0.104 e. The zero-order valence-electron chi connectivity index (χ0n) is 6.77. The van der Waals surface area contributed by atoms with Crippen molar-refractivity contribution in [1.82, 2.24) is 5.01 Å². The Hall–Kier alpha value is -1.51. The van der Waals surface area contributed by atoms with Gasteiger partial charge in [0.1, 0.15) is 6.34 Å². The minimum atomic E-state index is 0.889. The second kappa shape index (κ2) is 3.26. The molecule has 12 heavy (non-hydrogen) atoms. The lowest BCUT2D eigenvalue weighted by atomic mass is 10.3. The number of hydrogen-bond acceptors (Lipinski definition) is 3. The third-order valence-electron chi connectivity index (χ3n) is 1.74. The van der Waals surface area contributed by atoms with Crippen molar-refractivity contribution in [2.75, 3.05) is 18.5 Å². The van der Waals surface area contributed by atoms with E-state index in [4.69, 9.17) is 0 Å². The number of hydrogen-bond donors (Lipinski definition) is 1. The fraction of sp³-hybridized carbons (Fsp3) is 0.222. The molecular formula is C9H11N3. The van der Waals surface area contributed by atoms with Gasteiger partial charge in [0.2, 0.25) is 0 Å². The number of anilines is 1. The Bertz CT molecular complexity index is 268. The highest BCUT2D eigenvalue weighted by Crippen LogP contribution is 2.06. The summed E-state index contributed by atoms with van der Waals surface area (Å²) in [5.41, 5.74) is 4.33. The quantitative estimate of drug-likeness (QED) is 0.709. The SMILES string of the molecule is C1=NCCN1Nc1ccccc1. The summed E-state index contributed by atoms with van der Waals surface area (Å²) in [4.78, 5) is 4.10. The number of para-hydroxylation sites is 1. The Morgan fingerprint density at radius 2 is 2.08 bits per heavy atom. The van der Waals surface area contributed by atoms with Gasteiger partial charge in [0.05, 0.1) is 18.8 Å². The molecule has 3 nitrogen and oxygen atoms in total. The Kier molecular flexibility index (Phi) is 1.94. The second-order valence-electron chi connectivity index (χ2n) is 2.69. The predicted molar refractivity (Wildman–Crippen MR) is 50.1 cm³/mol. The molecule has 0 fully saturated rings. The van der Waals surface area contributed by atoms with E-state index >= 15 is 0 Å². The van der Waals surface area contributed by atoms with Gasteiger partial charge in [-0.2, -0.15) is 0 Å². The summed E-state index contributed by atoms with van der Waals surface area (Å²) in [6.07, 6.45) is 1.83. The maximum absolute atomic E-state index is 4.10. The molecule has 62 valence electrons. The number of hydrazine groups is 1. The molecule has 0 amide bonds. The monoisotopic (exact) mass is 161 g/mol. The van der Waals surface area contributed by atoms with E-state index in [1.54, 1.807) is 0 Å². The van der Waals surface area contributed by atoms with Gasteiger partial charge in [0.25, 0.3) is 0 Å². The van der Waals surface area contributed by atoms with Crippen LogP contribution in [0.5, 0.6) is 0 Å². The zero-order valence-corrected chi connectivity index (χ0v) is 6.77. The lowest BCUT2D eigenvalue weighted by Crippen LogP contribution is -2.26. The van der Waals surface area contributed by atoms with Crippen molar-refractivity contribution in [3.8, 4) is 0 Å². The molecule has 0 atom stereocenters. The highest BCUT2D eigenvalue weighted by Gasteiger charge is 2.03. The van der Waals surface area contributed by atoms with Gasteiger partial charge in [-0.25, -0.2) is 0 Å². The fourth-order valence-electron chi connectivity index (χ4n) is 1.14. The first-order chi connectivity index (χ1) is 5.95. The van der Waals surface area contributed by atoms with Gasteiger partial charge in [0, 0.05) is 0 Å². The average molecular weight is 161 g/mol. The number of aliphatic imine (C=N–C) groups is 1. The molecular weight excluding hydrogens is 150 g/mol.